The fourth-order valence-electron chi connectivity index (χ4n) is 1.30. The summed E-state index contributed by atoms with van der Waals surface area (Å²) in [5.74, 6) is 0. The number of hydrogen-bond donors (Lipinski definition) is 1. The molecule has 3 nitrogen and oxygen atoms in total. The van der Waals surface area contributed by atoms with Crippen molar-refractivity contribution in [2.24, 2.45) is 0 Å². The quantitative estimate of drug-likeness (QED) is 0.556. The number of hydrogen-bond acceptors (Lipinski definition) is 2. The van der Waals surface area contributed by atoms with Gasteiger partial charge in [-0.15, -0.1) is 11.6 Å². The maximum Gasteiger partial charge on any atom is 0.0533 e. The van der Waals surface area contributed by atoms with Crippen LogP contribution in [0.4, 0.5) is 0 Å². The molecule has 0 aliphatic rings. The molecule has 1 atom stereocenters. The van der Waals surface area contributed by atoms with E-state index in [1.54, 1.807) is 6.20 Å². The van der Waals surface area contributed by atoms with Crippen molar-refractivity contribution in [1.82, 2.24) is 15.1 Å². The van der Waals surface area contributed by atoms with E-state index in [2.05, 4.69) is 17.3 Å². The molecule has 1 aromatic heterocycles. The maximum atomic E-state index is 6.06. The molecule has 1 N–H and O–H groups in total. The SMILES string of the molecule is CCCC(Cl)CNCCn1cccn1. The lowest BCUT2D eigenvalue weighted by atomic mass is 10.2. The number of nitrogens with zero attached hydrogens (tertiary/aromatic N) is 2. The molecule has 0 saturated carbocycles. The molecule has 1 heterocycles. The van der Waals surface area contributed by atoms with Crippen LogP contribution in [0.5, 0.6) is 0 Å². The van der Waals surface area contributed by atoms with E-state index < -0.39 is 0 Å². The van der Waals surface area contributed by atoms with Crippen LogP contribution in [0.2, 0.25) is 0 Å². The highest BCUT2D eigenvalue weighted by atomic mass is 35.5. The Hall–Kier alpha value is -0.540. The van der Waals surface area contributed by atoms with E-state index in [9.17, 15) is 0 Å². The van der Waals surface area contributed by atoms with Crippen LogP contribution in [0.25, 0.3) is 0 Å². The highest BCUT2D eigenvalue weighted by Gasteiger charge is 2.01. The summed E-state index contributed by atoms with van der Waals surface area (Å²) < 4.78 is 1.91. The van der Waals surface area contributed by atoms with Gasteiger partial charge in [0.15, 0.2) is 0 Å². The first-order valence-corrected chi connectivity index (χ1v) is 5.58. The van der Waals surface area contributed by atoms with Gasteiger partial charge in [-0.3, -0.25) is 4.68 Å². The molecule has 4 heteroatoms. The second-order valence-corrected chi connectivity index (χ2v) is 3.98. The molecule has 0 aromatic carbocycles. The summed E-state index contributed by atoms with van der Waals surface area (Å²) in [6.45, 7) is 4.87. The van der Waals surface area contributed by atoms with Crippen molar-refractivity contribution >= 4 is 11.6 Å². The summed E-state index contributed by atoms with van der Waals surface area (Å²) in [5, 5.41) is 7.69. The number of aromatic nitrogens is 2. The van der Waals surface area contributed by atoms with E-state index in [4.69, 9.17) is 11.6 Å². The molecule has 1 rings (SSSR count). The first-order chi connectivity index (χ1) is 6.83. The van der Waals surface area contributed by atoms with Crippen molar-refractivity contribution in [3.05, 3.63) is 18.5 Å². The first kappa shape index (κ1) is 11.5. The molecule has 1 unspecified atom stereocenters. The van der Waals surface area contributed by atoms with Gasteiger partial charge in [0.2, 0.25) is 0 Å². The van der Waals surface area contributed by atoms with Crippen LogP contribution in [0.3, 0.4) is 0 Å². The van der Waals surface area contributed by atoms with Crippen molar-refractivity contribution < 1.29 is 0 Å². The Morgan fingerprint density at radius 1 is 1.57 bits per heavy atom. The third-order valence-electron chi connectivity index (χ3n) is 2.04. The molecule has 0 radical (unpaired) electrons. The van der Waals surface area contributed by atoms with Gasteiger partial charge < -0.3 is 5.32 Å². The predicted octanol–water partition coefficient (Wildman–Crippen LogP) is 1.88. The smallest absolute Gasteiger partial charge is 0.0533 e. The Labute approximate surface area is 90.4 Å². The lowest BCUT2D eigenvalue weighted by molar-refractivity contribution is 0.542. The van der Waals surface area contributed by atoms with Gasteiger partial charge >= 0.3 is 0 Å². The van der Waals surface area contributed by atoms with E-state index in [1.807, 2.05) is 16.9 Å². The molecule has 0 aliphatic carbocycles. The van der Waals surface area contributed by atoms with Crippen LogP contribution >= 0.6 is 11.6 Å². The summed E-state index contributed by atoms with van der Waals surface area (Å²) >= 11 is 6.06. The molecule has 1 aromatic rings. The van der Waals surface area contributed by atoms with Gasteiger partial charge in [-0.1, -0.05) is 13.3 Å². The van der Waals surface area contributed by atoms with Crippen molar-refractivity contribution in [1.29, 1.82) is 0 Å². The zero-order valence-electron chi connectivity index (χ0n) is 8.62. The highest BCUT2D eigenvalue weighted by Crippen LogP contribution is 2.02. The second kappa shape index (κ2) is 6.85. The van der Waals surface area contributed by atoms with Crippen LogP contribution in [0.15, 0.2) is 18.5 Å². The molecule has 80 valence electrons. The summed E-state index contributed by atoms with van der Waals surface area (Å²) in [6, 6.07) is 1.93. The molecule has 0 bridgehead atoms. The third-order valence-corrected chi connectivity index (χ3v) is 2.42. The zero-order chi connectivity index (χ0) is 10.2. The number of halogens is 1. The molecular formula is C10H18ClN3. The first-order valence-electron chi connectivity index (χ1n) is 5.15. The normalized spacial score (nSPS) is 13.0. The van der Waals surface area contributed by atoms with E-state index in [1.165, 1.54) is 0 Å². The largest absolute Gasteiger partial charge is 0.313 e. The maximum absolute atomic E-state index is 6.06. The Morgan fingerprint density at radius 3 is 3.07 bits per heavy atom. The fourth-order valence-corrected chi connectivity index (χ4v) is 1.63. The molecule has 0 spiro atoms. The Kier molecular flexibility index (Phi) is 5.64. The fraction of sp³-hybridized carbons (Fsp3) is 0.700. The molecule has 0 saturated heterocycles. The van der Waals surface area contributed by atoms with Gasteiger partial charge in [-0.25, -0.2) is 0 Å². The van der Waals surface area contributed by atoms with Crippen LogP contribution in [-0.4, -0.2) is 28.2 Å². The second-order valence-electron chi connectivity index (χ2n) is 3.36. The van der Waals surface area contributed by atoms with E-state index in [-0.39, 0.29) is 5.38 Å². The van der Waals surface area contributed by atoms with Crippen molar-refractivity contribution in [3.63, 3.8) is 0 Å². The van der Waals surface area contributed by atoms with Gasteiger partial charge in [-0.2, -0.15) is 5.10 Å². The van der Waals surface area contributed by atoms with Crippen LogP contribution in [0, 0.1) is 0 Å². The monoisotopic (exact) mass is 215 g/mol. The molecule has 0 amide bonds. The lowest BCUT2D eigenvalue weighted by Crippen LogP contribution is -2.26. The predicted molar refractivity (Wildman–Crippen MR) is 59.6 cm³/mol. The summed E-state index contributed by atoms with van der Waals surface area (Å²) in [5.41, 5.74) is 0. The molecule has 0 aliphatic heterocycles. The van der Waals surface area contributed by atoms with E-state index in [0.717, 1.165) is 32.5 Å². The molecule has 0 fully saturated rings. The Balaban J connectivity index is 1.99. The molecular weight excluding hydrogens is 198 g/mol. The summed E-state index contributed by atoms with van der Waals surface area (Å²) in [6.07, 6.45) is 5.98. The average Bonchev–Trinajstić information content (AvgIpc) is 2.65. The van der Waals surface area contributed by atoms with Gasteiger partial charge in [0.25, 0.3) is 0 Å². The van der Waals surface area contributed by atoms with Gasteiger partial charge in [0.1, 0.15) is 0 Å². The zero-order valence-corrected chi connectivity index (χ0v) is 9.37. The van der Waals surface area contributed by atoms with Gasteiger partial charge in [0.05, 0.1) is 6.54 Å². The minimum atomic E-state index is 0.262. The summed E-state index contributed by atoms with van der Waals surface area (Å²) in [4.78, 5) is 0. The highest BCUT2D eigenvalue weighted by molar-refractivity contribution is 6.20. The van der Waals surface area contributed by atoms with Crippen molar-refractivity contribution in [2.45, 2.75) is 31.7 Å². The van der Waals surface area contributed by atoms with Crippen LogP contribution < -0.4 is 5.32 Å². The van der Waals surface area contributed by atoms with Crippen molar-refractivity contribution in [2.75, 3.05) is 13.1 Å². The lowest BCUT2D eigenvalue weighted by Gasteiger charge is -2.09. The van der Waals surface area contributed by atoms with Crippen LogP contribution in [-0.2, 0) is 6.54 Å². The standard InChI is InChI=1S/C10H18ClN3/c1-2-4-10(11)9-12-6-8-14-7-3-5-13-14/h3,5,7,10,12H,2,4,6,8-9H2,1H3. The topological polar surface area (TPSA) is 29.9 Å². The van der Waals surface area contributed by atoms with Crippen molar-refractivity contribution in [3.8, 4) is 0 Å². The summed E-state index contributed by atoms with van der Waals surface area (Å²) in [7, 11) is 0. The average molecular weight is 216 g/mol. The number of alkyl halides is 1. The Morgan fingerprint density at radius 2 is 2.43 bits per heavy atom. The Bertz CT molecular complexity index is 223. The minimum absolute atomic E-state index is 0.262. The van der Waals surface area contributed by atoms with Gasteiger partial charge in [0, 0.05) is 30.9 Å². The minimum Gasteiger partial charge on any atom is -0.313 e. The molecule has 14 heavy (non-hydrogen) atoms. The third kappa shape index (κ3) is 4.63. The van der Waals surface area contributed by atoms with Crippen LogP contribution in [0.1, 0.15) is 19.8 Å². The number of rotatable bonds is 7. The van der Waals surface area contributed by atoms with Gasteiger partial charge in [-0.05, 0) is 12.5 Å². The van der Waals surface area contributed by atoms with E-state index >= 15 is 0 Å². The van der Waals surface area contributed by atoms with E-state index in [0.29, 0.717) is 0 Å². The number of nitrogens with one attached hydrogen (secondary N) is 1.